The summed E-state index contributed by atoms with van der Waals surface area (Å²) in [4.78, 5) is 22.8. The van der Waals surface area contributed by atoms with Gasteiger partial charge in [-0.2, -0.15) is 0 Å². The number of hydrogen-bond donors (Lipinski definition) is 3. The summed E-state index contributed by atoms with van der Waals surface area (Å²) in [6, 6.07) is 4.25. The van der Waals surface area contributed by atoms with Crippen LogP contribution >= 0.6 is 11.8 Å². The van der Waals surface area contributed by atoms with E-state index >= 15 is 0 Å². The summed E-state index contributed by atoms with van der Waals surface area (Å²) < 4.78 is 5.00. The van der Waals surface area contributed by atoms with Crippen molar-refractivity contribution >= 4 is 29.3 Å². The summed E-state index contributed by atoms with van der Waals surface area (Å²) >= 11 is 1.66. The number of anilines is 1. The molecule has 102 valence electrons. The zero-order valence-electron chi connectivity index (χ0n) is 10.3. The van der Waals surface area contributed by atoms with Crippen molar-refractivity contribution in [3.63, 3.8) is 0 Å². The first-order valence-electron chi connectivity index (χ1n) is 5.65. The highest BCUT2D eigenvalue weighted by Gasteiger charge is 2.22. The van der Waals surface area contributed by atoms with Crippen LogP contribution < -0.4 is 15.4 Å². The van der Waals surface area contributed by atoms with Gasteiger partial charge in [-0.1, -0.05) is 0 Å². The average Bonchev–Trinajstić information content (AvgIpc) is 2.92. The highest BCUT2D eigenvalue weighted by atomic mass is 32.2. The summed E-state index contributed by atoms with van der Waals surface area (Å²) in [6.45, 7) is 0. The number of carboxylic acid groups (broad SMARTS) is 1. The van der Waals surface area contributed by atoms with E-state index < -0.39 is 5.97 Å². The van der Waals surface area contributed by atoms with E-state index in [-0.39, 0.29) is 23.3 Å². The predicted molar refractivity (Wildman–Crippen MR) is 72.8 cm³/mol. The third-order valence-corrected chi connectivity index (χ3v) is 3.67. The average molecular weight is 282 g/mol. The maximum Gasteiger partial charge on any atom is 0.339 e. The Morgan fingerprint density at radius 2 is 2.32 bits per heavy atom. The molecule has 1 aliphatic rings. The Bertz CT molecular complexity index is 501. The van der Waals surface area contributed by atoms with E-state index in [1.165, 1.54) is 19.2 Å². The van der Waals surface area contributed by atoms with Crippen LogP contribution in [-0.2, 0) is 4.79 Å². The second kappa shape index (κ2) is 5.94. The van der Waals surface area contributed by atoms with Crippen molar-refractivity contribution in [2.75, 3.05) is 24.1 Å². The topological polar surface area (TPSA) is 87.7 Å². The van der Waals surface area contributed by atoms with Crippen molar-refractivity contribution in [2.24, 2.45) is 0 Å². The number of thioether (sulfide) groups is 1. The number of hydrogen-bond acceptors (Lipinski definition) is 5. The van der Waals surface area contributed by atoms with E-state index in [0.717, 1.165) is 11.6 Å². The third-order valence-electron chi connectivity index (χ3n) is 2.73. The Labute approximate surface area is 114 Å². The smallest absolute Gasteiger partial charge is 0.339 e. The normalized spacial score (nSPS) is 18.1. The molecule has 0 aromatic heterocycles. The van der Waals surface area contributed by atoms with Crippen LogP contribution in [0.3, 0.4) is 0 Å². The first-order valence-corrected chi connectivity index (χ1v) is 6.80. The quantitative estimate of drug-likeness (QED) is 0.763. The molecule has 1 atom stereocenters. The van der Waals surface area contributed by atoms with Gasteiger partial charge in [-0.3, -0.25) is 10.1 Å². The highest BCUT2D eigenvalue weighted by molar-refractivity contribution is 7.99. The largest absolute Gasteiger partial charge is 0.496 e. The Kier molecular flexibility index (Phi) is 4.28. The lowest BCUT2D eigenvalue weighted by Crippen LogP contribution is -2.37. The molecule has 1 aromatic carbocycles. The van der Waals surface area contributed by atoms with Crippen molar-refractivity contribution in [3.8, 4) is 5.75 Å². The van der Waals surface area contributed by atoms with Crippen LogP contribution in [-0.4, -0.2) is 41.8 Å². The van der Waals surface area contributed by atoms with Gasteiger partial charge in [0.05, 0.1) is 13.2 Å². The number of nitrogens with one attached hydrogen (secondary N) is 2. The number of amides is 1. The molecule has 1 aromatic rings. The fourth-order valence-electron chi connectivity index (χ4n) is 1.74. The van der Waals surface area contributed by atoms with E-state index in [9.17, 15) is 9.59 Å². The molecule has 1 amide bonds. The number of aromatic carboxylic acids is 1. The minimum atomic E-state index is -1.07. The molecule has 0 radical (unpaired) electrons. The Morgan fingerprint density at radius 3 is 2.89 bits per heavy atom. The van der Waals surface area contributed by atoms with Crippen molar-refractivity contribution in [1.29, 1.82) is 0 Å². The number of carboxylic acids is 1. The Hall–Kier alpha value is -1.73. The molecule has 0 bridgehead atoms. The minimum Gasteiger partial charge on any atom is -0.496 e. The lowest BCUT2D eigenvalue weighted by molar-refractivity contribution is -0.117. The van der Waals surface area contributed by atoms with Gasteiger partial charge in [0.25, 0.3) is 0 Å². The van der Waals surface area contributed by atoms with Crippen LogP contribution in [0.1, 0.15) is 10.4 Å². The first kappa shape index (κ1) is 13.7. The molecule has 6 nitrogen and oxygen atoms in total. The second-order valence-corrected chi connectivity index (χ2v) is 5.01. The van der Waals surface area contributed by atoms with Crippen LogP contribution in [0.15, 0.2) is 18.2 Å². The fourth-order valence-corrected chi connectivity index (χ4v) is 2.68. The van der Waals surface area contributed by atoms with Gasteiger partial charge in [0.1, 0.15) is 11.3 Å². The zero-order chi connectivity index (χ0) is 13.8. The van der Waals surface area contributed by atoms with Crippen molar-refractivity contribution in [1.82, 2.24) is 5.32 Å². The van der Waals surface area contributed by atoms with Crippen LogP contribution in [0.25, 0.3) is 0 Å². The van der Waals surface area contributed by atoms with Gasteiger partial charge < -0.3 is 15.2 Å². The van der Waals surface area contributed by atoms with E-state index in [4.69, 9.17) is 9.84 Å². The Morgan fingerprint density at radius 1 is 1.53 bits per heavy atom. The van der Waals surface area contributed by atoms with Crippen molar-refractivity contribution < 1.29 is 19.4 Å². The molecule has 7 heteroatoms. The number of ether oxygens (including phenoxy) is 1. The van der Waals surface area contributed by atoms with Gasteiger partial charge in [-0.05, 0) is 12.1 Å². The molecule has 19 heavy (non-hydrogen) atoms. The van der Waals surface area contributed by atoms with E-state index in [0.29, 0.717) is 5.69 Å². The summed E-state index contributed by atoms with van der Waals surface area (Å²) in [5, 5.41) is 14.8. The van der Waals surface area contributed by atoms with Crippen LogP contribution in [0.2, 0.25) is 0 Å². The molecule has 0 aliphatic carbocycles. The number of carbonyl (C=O) groups excluding carboxylic acids is 1. The Balaban J connectivity index is 2.12. The monoisotopic (exact) mass is 282 g/mol. The molecule has 1 saturated heterocycles. The molecule has 0 saturated carbocycles. The molecule has 2 rings (SSSR count). The first-order chi connectivity index (χ1) is 9.11. The minimum absolute atomic E-state index is 0.0649. The van der Waals surface area contributed by atoms with Crippen molar-refractivity contribution in [2.45, 2.75) is 6.04 Å². The number of methoxy groups -OCH3 is 1. The van der Waals surface area contributed by atoms with Crippen LogP contribution in [0, 0.1) is 0 Å². The molecular formula is C12H14N2O4S. The standard InChI is InChI=1S/C12H14N2O4S/c1-18-10-4-7(2-3-8(10)12(16)17)14-11(15)9-5-19-6-13-9/h2-4,9,13H,5-6H2,1H3,(H,14,15)(H,16,17). The van der Waals surface area contributed by atoms with E-state index in [2.05, 4.69) is 10.6 Å². The maximum atomic E-state index is 11.9. The van der Waals surface area contributed by atoms with Crippen LogP contribution in [0.4, 0.5) is 5.69 Å². The predicted octanol–water partition coefficient (Wildman–Crippen LogP) is 0.994. The fraction of sp³-hybridized carbons (Fsp3) is 0.333. The molecule has 1 heterocycles. The maximum absolute atomic E-state index is 11.9. The van der Waals surface area contributed by atoms with E-state index in [1.54, 1.807) is 17.8 Å². The van der Waals surface area contributed by atoms with Crippen molar-refractivity contribution in [3.05, 3.63) is 23.8 Å². The molecule has 1 fully saturated rings. The second-order valence-electron chi connectivity index (χ2n) is 3.98. The van der Waals surface area contributed by atoms with E-state index in [1.807, 2.05) is 0 Å². The van der Waals surface area contributed by atoms with Gasteiger partial charge in [0.2, 0.25) is 5.91 Å². The van der Waals surface area contributed by atoms with Gasteiger partial charge in [-0.15, -0.1) is 11.8 Å². The van der Waals surface area contributed by atoms with Gasteiger partial charge in [0.15, 0.2) is 0 Å². The molecule has 1 aliphatic heterocycles. The molecular weight excluding hydrogens is 268 g/mol. The summed E-state index contributed by atoms with van der Waals surface area (Å²) in [6.07, 6.45) is 0. The molecule has 0 spiro atoms. The summed E-state index contributed by atoms with van der Waals surface area (Å²) in [7, 11) is 1.39. The third kappa shape index (κ3) is 3.18. The summed E-state index contributed by atoms with van der Waals surface area (Å²) in [5.74, 6) is 0.521. The van der Waals surface area contributed by atoms with Gasteiger partial charge in [0, 0.05) is 23.4 Å². The van der Waals surface area contributed by atoms with Crippen LogP contribution in [0.5, 0.6) is 5.75 Å². The SMILES string of the molecule is COc1cc(NC(=O)C2CSCN2)ccc1C(=O)O. The lowest BCUT2D eigenvalue weighted by atomic mass is 10.1. The lowest BCUT2D eigenvalue weighted by Gasteiger charge is -2.12. The van der Waals surface area contributed by atoms with Gasteiger partial charge >= 0.3 is 5.97 Å². The highest BCUT2D eigenvalue weighted by Crippen LogP contribution is 2.23. The number of rotatable bonds is 4. The van der Waals surface area contributed by atoms with Gasteiger partial charge in [-0.25, -0.2) is 4.79 Å². The summed E-state index contributed by atoms with van der Waals surface area (Å²) in [5.41, 5.74) is 0.584. The zero-order valence-corrected chi connectivity index (χ0v) is 11.1. The molecule has 1 unspecified atom stereocenters. The molecule has 3 N–H and O–H groups in total. The number of carbonyl (C=O) groups is 2. The number of benzene rings is 1.